The maximum atomic E-state index is 11.5. The number of hydrogen-bond acceptors (Lipinski definition) is 7. The molecule has 4 aromatic heterocycles. The van der Waals surface area contributed by atoms with Crippen LogP contribution in [0.1, 0.15) is 5.56 Å². The Bertz CT molecular complexity index is 1320. The lowest BCUT2D eigenvalue weighted by Crippen LogP contribution is -1.95. The number of rotatable bonds is 3. The first kappa shape index (κ1) is 15.3. The Balaban J connectivity index is 1.74. The van der Waals surface area contributed by atoms with Gasteiger partial charge in [0.15, 0.2) is 5.65 Å². The lowest BCUT2D eigenvalue weighted by atomic mass is 10.1. The number of thiazole rings is 1. The maximum Gasteiger partial charge on any atom is 0.363 e. The summed E-state index contributed by atoms with van der Waals surface area (Å²) in [5, 5.41) is 23.7. The first-order valence-corrected chi connectivity index (χ1v) is 9.34. The zero-order valence-electron chi connectivity index (χ0n) is 13.4. The molecule has 0 aliphatic heterocycles. The van der Waals surface area contributed by atoms with E-state index in [1.807, 2.05) is 41.7 Å². The largest absolute Gasteiger partial charge is 0.363 e. The molecule has 0 saturated carbocycles. The van der Waals surface area contributed by atoms with Gasteiger partial charge in [0.25, 0.3) is 4.96 Å². The summed E-state index contributed by atoms with van der Waals surface area (Å²) >= 11 is 2.50. The number of hydrogen-bond donors (Lipinski definition) is 0. The molecular weight excluding hydrogens is 372 g/mol. The topological polar surface area (TPSA) is 90.6 Å². The minimum absolute atomic E-state index is 0.0561. The molecule has 0 atom stereocenters. The van der Waals surface area contributed by atoms with Crippen molar-refractivity contribution in [3.63, 3.8) is 0 Å². The van der Waals surface area contributed by atoms with E-state index in [1.54, 1.807) is 11.6 Å². The first-order chi connectivity index (χ1) is 12.6. The summed E-state index contributed by atoms with van der Waals surface area (Å²) in [5.41, 5.74) is 2.76. The number of imidazole rings is 1. The van der Waals surface area contributed by atoms with E-state index in [-0.39, 0.29) is 5.82 Å². The molecule has 0 unspecified atom stereocenters. The van der Waals surface area contributed by atoms with Crippen molar-refractivity contribution in [3.8, 4) is 0 Å². The highest BCUT2D eigenvalue weighted by Gasteiger charge is 2.26. The molecule has 5 rings (SSSR count). The van der Waals surface area contributed by atoms with Crippen LogP contribution in [0.15, 0.2) is 52.1 Å². The molecule has 0 aliphatic rings. The number of nitro groups is 1. The van der Waals surface area contributed by atoms with Crippen LogP contribution in [0.25, 0.3) is 21.5 Å². The third kappa shape index (κ3) is 2.12. The van der Waals surface area contributed by atoms with Crippen LogP contribution in [0.2, 0.25) is 0 Å². The summed E-state index contributed by atoms with van der Waals surface area (Å²) in [6, 6.07) is 9.91. The zero-order chi connectivity index (χ0) is 17.8. The number of aromatic nitrogens is 5. The van der Waals surface area contributed by atoms with Gasteiger partial charge in [-0.1, -0.05) is 29.5 Å². The van der Waals surface area contributed by atoms with Crippen molar-refractivity contribution in [1.29, 1.82) is 0 Å². The average molecular weight is 382 g/mol. The second kappa shape index (κ2) is 5.51. The average Bonchev–Trinajstić information content (AvgIpc) is 3.30. The van der Waals surface area contributed by atoms with E-state index in [2.05, 4.69) is 15.2 Å². The van der Waals surface area contributed by atoms with Gasteiger partial charge in [-0.15, -0.1) is 10.2 Å². The van der Waals surface area contributed by atoms with Gasteiger partial charge in [0.05, 0.1) is 5.52 Å². The number of aryl methyl sites for hydroxylation is 1. The van der Waals surface area contributed by atoms with Crippen LogP contribution in [0.3, 0.4) is 0 Å². The van der Waals surface area contributed by atoms with Gasteiger partial charge >= 0.3 is 5.82 Å². The molecule has 8 nitrogen and oxygen atoms in total. The van der Waals surface area contributed by atoms with Crippen molar-refractivity contribution in [2.45, 2.75) is 17.1 Å². The first-order valence-electron chi connectivity index (χ1n) is 7.65. The predicted octanol–water partition coefficient (Wildman–Crippen LogP) is 3.96. The van der Waals surface area contributed by atoms with Crippen molar-refractivity contribution in [2.24, 2.45) is 0 Å². The highest BCUT2D eigenvalue weighted by atomic mass is 32.2. The van der Waals surface area contributed by atoms with Crippen molar-refractivity contribution < 1.29 is 4.92 Å². The summed E-state index contributed by atoms with van der Waals surface area (Å²) in [4.78, 5) is 16.1. The molecule has 10 heteroatoms. The Morgan fingerprint density at radius 3 is 2.96 bits per heavy atom. The zero-order valence-corrected chi connectivity index (χ0v) is 15.0. The quantitative estimate of drug-likeness (QED) is 0.346. The molecule has 0 spiro atoms. The second-order valence-corrected chi connectivity index (χ2v) is 7.50. The fourth-order valence-electron chi connectivity index (χ4n) is 3.02. The highest BCUT2D eigenvalue weighted by molar-refractivity contribution is 7.99. The van der Waals surface area contributed by atoms with Crippen LogP contribution in [0, 0.1) is 17.0 Å². The molecule has 0 fully saturated rings. The normalized spacial score (nSPS) is 11.7. The van der Waals surface area contributed by atoms with E-state index in [0.29, 0.717) is 20.8 Å². The summed E-state index contributed by atoms with van der Waals surface area (Å²) < 4.78 is 3.39. The van der Waals surface area contributed by atoms with Crippen LogP contribution < -0.4 is 0 Å². The molecular formula is C16H10N6O2S2. The van der Waals surface area contributed by atoms with E-state index in [9.17, 15) is 10.1 Å². The highest BCUT2D eigenvalue weighted by Crippen LogP contribution is 2.36. The Morgan fingerprint density at radius 1 is 1.27 bits per heavy atom. The van der Waals surface area contributed by atoms with Gasteiger partial charge in [0, 0.05) is 10.8 Å². The summed E-state index contributed by atoms with van der Waals surface area (Å²) in [7, 11) is 0. The second-order valence-electron chi connectivity index (χ2n) is 5.68. The SMILES string of the molecule is Cc1cc2nnc(Sc3nc4sccn4c3[N+](=O)[O-])n2c2ccccc12. The minimum atomic E-state index is -0.416. The molecule has 0 N–H and O–H groups in total. The number of para-hydroxylation sites is 1. The minimum Gasteiger partial charge on any atom is -0.358 e. The number of nitrogens with zero attached hydrogens (tertiary/aromatic N) is 6. The molecule has 0 aliphatic carbocycles. The summed E-state index contributed by atoms with van der Waals surface area (Å²) in [6.45, 7) is 2.03. The van der Waals surface area contributed by atoms with Crippen molar-refractivity contribution in [1.82, 2.24) is 24.0 Å². The molecule has 26 heavy (non-hydrogen) atoms. The Labute approximate surface area is 154 Å². The van der Waals surface area contributed by atoms with Gasteiger partial charge < -0.3 is 10.1 Å². The molecule has 0 amide bonds. The van der Waals surface area contributed by atoms with Crippen LogP contribution in [0.4, 0.5) is 5.82 Å². The summed E-state index contributed by atoms with van der Waals surface area (Å²) in [5.74, 6) is -0.0561. The van der Waals surface area contributed by atoms with E-state index < -0.39 is 4.92 Å². The molecule has 0 saturated heterocycles. The fourth-order valence-corrected chi connectivity index (χ4v) is 4.72. The van der Waals surface area contributed by atoms with Gasteiger partial charge in [-0.25, -0.2) is 0 Å². The fraction of sp³-hybridized carbons (Fsp3) is 0.0625. The molecule has 128 valence electrons. The van der Waals surface area contributed by atoms with Gasteiger partial charge in [-0.05, 0) is 41.3 Å². The van der Waals surface area contributed by atoms with E-state index in [4.69, 9.17) is 0 Å². The maximum absolute atomic E-state index is 11.5. The van der Waals surface area contributed by atoms with Gasteiger partial charge in [-0.3, -0.25) is 4.40 Å². The Kier molecular flexibility index (Phi) is 3.24. The van der Waals surface area contributed by atoms with Crippen LogP contribution in [-0.2, 0) is 0 Å². The monoisotopic (exact) mass is 382 g/mol. The third-order valence-corrected chi connectivity index (χ3v) is 5.81. The van der Waals surface area contributed by atoms with E-state index >= 15 is 0 Å². The number of benzene rings is 1. The van der Waals surface area contributed by atoms with Crippen LogP contribution in [-0.4, -0.2) is 28.9 Å². The van der Waals surface area contributed by atoms with Crippen molar-refractivity contribution in [2.75, 3.05) is 0 Å². The summed E-state index contributed by atoms with van der Waals surface area (Å²) in [6.07, 6.45) is 1.65. The molecule has 0 bridgehead atoms. The van der Waals surface area contributed by atoms with Crippen LogP contribution in [0.5, 0.6) is 0 Å². The lowest BCUT2D eigenvalue weighted by Gasteiger charge is -2.06. The molecule has 0 radical (unpaired) electrons. The molecule has 1 aromatic carbocycles. The Morgan fingerprint density at radius 2 is 2.12 bits per heavy atom. The van der Waals surface area contributed by atoms with Gasteiger partial charge in [0.1, 0.15) is 6.20 Å². The van der Waals surface area contributed by atoms with Crippen LogP contribution >= 0.6 is 23.1 Å². The molecule has 4 heterocycles. The number of fused-ring (bicyclic) bond motifs is 4. The van der Waals surface area contributed by atoms with E-state index in [0.717, 1.165) is 28.2 Å². The smallest absolute Gasteiger partial charge is 0.358 e. The van der Waals surface area contributed by atoms with Crippen molar-refractivity contribution >= 4 is 50.4 Å². The van der Waals surface area contributed by atoms with Gasteiger partial charge in [-0.2, -0.15) is 9.38 Å². The standard InChI is InChI=1S/C16H10N6O2S2/c1-9-8-12-18-19-16(21(12)11-5-3-2-4-10(9)11)26-13-14(22(23)24)20-6-7-25-15(20)17-13/h2-8H,1H3. The van der Waals surface area contributed by atoms with Gasteiger partial charge in [0.2, 0.25) is 10.2 Å². The van der Waals surface area contributed by atoms with E-state index in [1.165, 1.54) is 15.7 Å². The third-order valence-electron chi connectivity index (χ3n) is 4.14. The molecule has 5 aromatic rings. The Hall–Kier alpha value is -2.98. The van der Waals surface area contributed by atoms with Crippen molar-refractivity contribution in [3.05, 3.63) is 57.6 Å². The lowest BCUT2D eigenvalue weighted by molar-refractivity contribution is -0.393. The number of pyridine rings is 1. The predicted molar refractivity (Wildman–Crippen MR) is 99.1 cm³/mol.